The third-order valence-electron chi connectivity index (χ3n) is 3.06. The minimum absolute atomic E-state index is 0.782. The Labute approximate surface area is 118 Å². The first kappa shape index (κ1) is 15.8. The zero-order valence-corrected chi connectivity index (χ0v) is 12.4. The van der Waals surface area contributed by atoms with Crippen molar-refractivity contribution in [3.63, 3.8) is 0 Å². The van der Waals surface area contributed by atoms with E-state index in [-0.39, 0.29) is 0 Å². The minimum atomic E-state index is 0.782. The quantitative estimate of drug-likeness (QED) is 0.585. The lowest BCUT2D eigenvalue weighted by molar-refractivity contribution is 0.234. The van der Waals surface area contributed by atoms with Gasteiger partial charge in [0.15, 0.2) is 0 Å². The zero-order chi connectivity index (χ0) is 13.9. The maximum atomic E-state index is 5.78. The van der Waals surface area contributed by atoms with Gasteiger partial charge in [-0.15, -0.1) is 0 Å². The third-order valence-corrected chi connectivity index (χ3v) is 3.06. The molecule has 0 saturated heterocycles. The Kier molecular flexibility index (Phi) is 7.99. The average Bonchev–Trinajstić information content (AvgIpc) is 2.44. The van der Waals surface area contributed by atoms with E-state index in [2.05, 4.69) is 25.3 Å². The van der Waals surface area contributed by atoms with Gasteiger partial charge >= 0.3 is 0 Å². The number of ether oxygens (including phenoxy) is 1. The topological polar surface area (TPSA) is 12.5 Å². The van der Waals surface area contributed by atoms with E-state index in [1.807, 2.05) is 30.3 Å². The smallest absolute Gasteiger partial charge is 0.119 e. The SMILES string of the molecule is C=Cc1cccc(OCCCN(CCC)CCC)c1. The Morgan fingerprint density at radius 2 is 1.89 bits per heavy atom. The van der Waals surface area contributed by atoms with Crippen molar-refractivity contribution >= 4 is 6.08 Å². The summed E-state index contributed by atoms with van der Waals surface area (Å²) < 4.78 is 5.78. The lowest BCUT2D eigenvalue weighted by atomic mass is 10.2. The van der Waals surface area contributed by atoms with E-state index in [4.69, 9.17) is 4.74 Å². The fourth-order valence-electron chi connectivity index (χ4n) is 2.18. The maximum Gasteiger partial charge on any atom is 0.119 e. The number of nitrogens with zero attached hydrogens (tertiary/aromatic N) is 1. The molecule has 0 unspecified atom stereocenters. The van der Waals surface area contributed by atoms with Gasteiger partial charge in [-0.1, -0.05) is 38.6 Å². The normalized spacial score (nSPS) is 10.7. The predicted molar refractivity (Wildman–Crippen MR) is 83.7 cm³/mol. The third kappa shape index (κ3) is 6.44. The Morgan fingerprint density at radius 1 is 1.16 bits per heavy atom. The lowest BCUT2D eigenvalue weighted by Gasteiger charge is -2.20. The Bertz CT molecular complexity index is 356. The lowest BCUT2D eigenvalue weighted by Crippen LogP contribution is -2.27. The molecule has 0 N–H and O–H groups in total. The van der Waals surface area contributed by atoms with Crippen LogP contribution in [-0.4, -0.2) is 31.1 Å². The second-order valence-electron chi connectivity index (χ2n) is 4.82. The summed E-state index contributed by atoms with van der Waals surface area (Å²) in [5, 5.41) is 0. The van der Waals surface area contributed by atoms with Crippen LogP contribution in [0.25, 0.3) is 6.08 Å². The van der Waals surface area contributed by atoms with Gasteiger partial charge in [0.1, 0.15) is 5.75 Å². The van der Waals surface area contributed by atoms with Gasteiger partial charge in [-0.25, -0.2) is 0 Å². The highest BCUT2D eigenvalue weighted by Gasteiger charge is 2.02. The highest BCUT2D eigenvalue weighted by atomic mass is 16.5. The highest BCUT2D eigenvalue weighted by molar-refractivity contribution is 5.49. The van der Waals surface area contributed by atoms with E-state index in [1.54, 1.807) is 0 Å². The van der Waals surface area contributed by atoms with Crippen molar-refractivity contribution in [1.82, 2.24) is 4.90 Å². The van der Waals surface area contributed by atoms with Crippen LogP contribution in [0.3, 0.4) is 0 Å². The fourth-order valence-corrected chi connectivity index (χ4v) is 2.18. The molecule has 0 atom stereocenters. The molecule has 2 heteroatoms. The van der Waals surface area contributed by atoms with Crippen LogP contribution >= 0.6 is 0 Å². The predicted octanol–water partition coefficient (Wildman–Crippen LogP) is 4.22. The average molecular weight is 261 g/mol. The van der Waals surface area contributed by atoms with Gasteiger partial charge in [0.05, 0.1) is 6.61 Å². The van der Waals surface area contributed by atoms with Gasteiger partial charge in [0.25, 0.3) is 0 Å². The van der Waals surface area contributed by atoms with Crippen molar-refractivity contribution in [3.05, 3.63) is 36.4 Å². The van der Waals surface area contributed by atoms with Crippen LogP contribution in [0.15, 0.2) is 30.8 Å². The van der Waals surface area contributed by atoms with Crippen molar-refractivity contribution in [2.24, 2.45) is 0 Å². The summed E-state index contributed by atoms with van der Waals surface area (Å²) in [6.45, 7) is 12.5. The Morgan fingerprint density at radius 3 is 2.53 bits per heavy atom. The van der Waals surface area contributed by atoms with Crippen LogP contribution in [-0.2, 0) is 0 Å². The molecule has 1 aromatic carbocycles. The van der Waals surface area contributed by atoms with E-state index < -0.39 is 0 Å². The second kappa shape index (κ2) is 9.62. The van der Waals surface area contributed by atoms with E-state index in [0.29, 0.717) is 0 Å². The first-order valence-electron chi connectivity index (χ1n) is 7.37. The minimum Gasteiger partial charge on any atom is -0.494 e. The Balaban J connectivity index is 2.26. The molecule has 0 aliphatic heterocycles. The van der Waals surface area contributed by atoms with Gasteiger partial charge in [-0.05, 0) is 50.0 Å². The van der Waals surface area contributed by atoms with Gasteiger partial charge < -0.3 is 9.64 Å². The van der Waals surface area contributed by atoms with Crippen molar-refractivity contribution in [2.45, 2.75) is 33.1 Å². The molecular formula is C17H27NO. The molecule has 0 saturated carbocycles. The zero-order valence-electron chi connectivity index (χ0n) is 12.4. The monoisotopic (exact) mass is 261 g/mol. The summed E-state index contributed by atoms with van der Waals surface area (Å²) in [4.78, 5) is 2.52. The molecule has 2 nitrogen and oxygen atoms in total. The van der Waals surface area contributed by atoms with Crippen LogP contribution in [0.4, 0.5) is 0 Å². The molecule has 0 spiro atoms. The number of benzene rings is 1. The number of hydrogen-bond acceptors (Lipinski definition) is 2. The standard InChI is InChI=1S/C17H27NO/c1-4-11-18(12-5-2)13-8-14-19-17-10-7-9-16(6-3)15-17/h6-7,9-10,15H,3-5,8,11-14H2,1-2H3. The van der Waals surface area contributed by atoms with Gasteiger partial charge in [0.2, 0.25) is 0 Å². The molecule has 0 aromatic heterocycles. The molecule has 0 radical (unpaired) electrons. The van der Waals surface area contributed by atoms with Crippen LogP contribution in [0, 0.1) is 0 Å². The number of rotatable bonds is 10. The molecule has 0 heterocycles. The molecule has 19 heavy (non-hydrogen) atoms. The van der Waals surface area contributed by atoms with Gasteiger partial charge in [-0.3, -0.25) is 0 Å². The summed E-state index contributed by atoms with van der Waals surface area (Å²) in [7, 11) is 0. The molecular weight excluding hydrogens is 234 g/mol. The molecule has 0 aliphatic carbocycles. The summed E-state index contributed by atoms with van der Waals surface area (Å²) in [5.74, 6) is 0.940. The van der Waals surface area contributed by atoms with Gasteiger partial charge in [-0.2, -0.15) is 0 Å². The van der Waals surface area contributed by atoms with E-state index in [1.165, 1.54) is 25.9 Å². The van der Waals surface area contributed by atoms with Crippen molar-refractivity contribution in [1.29, 1.82) is 0 Å². The van der Waals surface area contributed by atoms with Crippen molar-refractivity contribution in [3.8, 4) is 5.75 Å². The summed E-state index contributed by atoms with van der Waals surface area (Å²) >= 11 is 0. The maximum absolute atomic E-state index is 5.78. The van der Waals surface area contributed by atoms with Crippen LogP contribution in [0.2, 0.25) is 0 Å². The Hall–Kier alpha value is -1.28. The summed E-state index contributed by atoms with van der Waals surface area (Å²) in [5.41, 5.74) is 1.11. The highest BCUT2D eigenvalue weighted by Crippen LogP contribution is 2.14. The van der Waals surface area contributed by atoms with Crippen molar-refractivity contribution < 1.29 is 4.74 Å². The number of hydrogen-bond donors (Lipinski definition) is 0. The molecule has 1 rings (SSSR count). The second-order valence-corrected chi connectivity index (χ2v) is 4.82. The van der Waals surface area contributed by atoms with E-state index in [9.17, 15) is 0 Å². The molecule has 0 aliphatic rings. The van der Waals surface area contributed by atoms with Crippen LogP contribution in [0.1, 0.15) is 38.7 Å². The molecule has 106 valence electrons. The van der Waals surface area contributed by atoms with Crippen molar-refractivity contribution in [2.75, 3.05) is 26.2 Å². The first-order chi connectivity index (χ1) is 9.30. The summed E-state index contributed by atoms with van der Waals surface area (Å²) in [6, 6.07) is 8.07. The molecule has 0 bridgehead atoms. The first-order valence-corrected chi connectivity index (χ1v) is 7.37. The molecule has 0 fully saturated rings. The van der Waals surface area contributed by atoms with Crippen LogP contribution in [0.5, 0.6) is 5.75 Å². The molecule has 1 aromatic rings. The fraction of sp³-hybridized carbons (Fsp3) is 0.529. The summed E-state index contributed by atoms with van der Waals surface area (Å²) in [6.07, 6.45) is 5.37. The van der Waals surface area contributed by atoms with E-state index >= 15 is 0 Å². The largest absolute Gasteiger partial charge is 0.494 e. The van der Waals surface area contributed by atoms with Crippen LogP contribution < -0.4 is 4.74 Å². The molecule has 0 amide bonds. The van der Waals surface area contributed by atoms with Gasteiger partial charge in [0, 0.05) is 6.54 Å². The van der Waals surface area contributed by atoms with E-state index in [0.717, 1.165) is 30.9 Å².